The number of benzene rings is 1. The van der Waals surface area contributed by atoms with Gasteiger partial charge in [-0.05, 0) is 42.7 Å². The summed E-state index contributed by atoms with van der Waals surface area (Å²) in [5.74, 6) is 0. The molecule has 1 atom stereocenters. The highest BCUT2D eigenvalue weighted by Crippen LogP contribution is 2.51. The molecule has 1 aromatic carbocycles. The molecule has 1 fully saturated rings. The van der Waals surface area contributed by atoms with Crippen LogP contribution in [0.3, 0.4) is 0 Å². The maximum Gasteiger partial charge on any atom is 0.0897 e. The number of ether oxygens (including phenoxy) is 1. The molecular weight excluding hydrogens is 292 g/mol. The van der Waals surface area contributed by atoms with Crippen molar-refractivity contribution in [2.75, 3.05) is 13.2 Å². The Hall–Kier alpha value is -1.23. The molecule has 0 radical (unpaired) electrons. The van der Waals surface area contributed by atoms with Crippen molar-refractivity contribution < 1.29 is 4.74 Å². The van der Waals surface area contributed by atoms with E-state index in [1.807, 2.05) is 0 Å². The van der Waals surface area contributed by atoms with Gasteiger partial charge in [0.2, 0.25) is 0 Å². The number of aromatic nitrogens is 1. The van der Waals surface area contributed by atoms with Gasteiger partial charge in [0.1, 0.15) is 0 Å². The minimum atomic E-state index is 0.326. The lowest BCUT2D eigenvalue weighted by atomic mass is 9.74. The molecule has 1 aliphatic carbocycles. The van der Waals surface area contributed by atoms with Crippen LogP contribution in [-0.4, -0.2) is 18.2 Å². The summed E-state index contributed by atoms with van der Waals surface area (Å²) < 4.78 is 5.63. The fourth-order valence-electron chi connectivity index (χ4n) is 4.05. The van der Waals surface area contributed by atoms with Crippen molar-refractivity contribution in [3.63, 3.8) is 0 Å². The Kier molecular flexibility index (Phi) is 3.76. The van der Waals surface area contributed by atoms with Crippen LogP contribution in [0.25, 0.3) is 0 Å². The van der Waals surface area contributed by atoms with Gasteiger partial charge in [-0.25, -0.2) is 4.98 Å². The molecule has 1 aliphatic heterocycles. The summed E-state index contributed by atoms with van der Waals surface area (Å²) in [6, 6.07) is 9.34. The van der Waals surface area contributed by atoms with Crippen LogP contribution in [0.15, 0.2) is 29.6 Å². The van der Waals surface area contributed by atoms with Crippen molar-refractivity contribution >= 4 is 11.3 Å². The molecule has 4 rings (SSSR count). The van der Waals surface area contributed by atoms with Gasteiger partial charge in [-0.3, -0.25) is 0 Å². The number of hydrogen-bond acceptors (Lipinski definition) is 4. The molecule has 1 spiro atoms. The third kappa shape index (κ3) is 2.49. The Morgan fingerprint density at radius 1 is 1.32 bits per heavy atom. The lowest BCUT2D eigenvalue weighted by Gasteiger charge is -2.39. The van der Waals surface area contributed by atoms with E-state index >= 15 is 0 Å². The second kappa shape index (κ2) is 5.76. The molecule has 2 aliphatic rings. The highest BCUT2D eigenvalue weighted by molar-refractivity contribution is 7.09. The van der Waals surface area contributed by atoms with Gasteiger partial charge >= 0.3 is 0 Å². The number of hydrogen-bond donors (Lipinski definition) is 1. The third-order valence-corrected chi connectivity index (χ3v) is 5.99. The SMILES string of the molecule is Cc1nc(CNC2c3ccccc3CC23CCOCC3)cs1. The Morgan fingerprint density at radius 3 is 2.91 bits per heavy atom. The molecule has 2 heterocycles. The highest BCUT2D eigenvalue weighted by atomic mass is 32.1. The van der Waals surface area contributed by atoms with Crippen LogP contribution in [0, 0.1) is 12.3 Å². The number of nitrogens with zero attached hydrogens (tertiary/aromatic N) is 1. The number of fused-ring (bicyclic) bond motifs is 1. The Balaban J connectivity index is 1.60. The van der Waals surface area contributed by atoms with Crippen LogP contribution < -0.4 is 5.32 Å². The van der Waals surface area contributed by atoms with Crippen molar-refractivity contribution in [3.8, 4) is 0 Å². The topological polar surface area (TPSA) is 34.2 Å². The van der Waals surface area contributed by atoms with Gasteiger partial charge in [0.05, 0.1) is 10.7 Å². The van der Waals surface area contributed by atoms with Gasteiger partial charge in [-0.1, -0.05) is 24.3 Å². The van der Waals surface area contributed by atoms with Crippen molar-refractivity contribution in [2.45, 2.75) is 38.8 Å². The van der Waals surface area contributed by atoms with Gasteiger partial charge in [0.15, 0.2) is 0 Å². The Morgan fingerprint density at radius 2 is 2.14 bits per heavy atom. The number of thiazole rings is 1. The molecule has 22 heavy (non-hydrogen) atoms. The lowest BCUT2D eigenvalue weighted by Crippen LogP contribution is -2.39. The van der Waals surface area contributed by atoms with E-state index in [-0.39, 0.29) is 0 Å². The van der Waals surface area contributed by atoms with Crippen LogP contribution in [-0.2, 0) is 17.7 Å². The Bertz CT molecular complexity index is 661. The van der Waals surface area contributed by atoms with Gasteiger partial charge in [-0.2, -0.15) is 0 Å². The first-order valence-electron chi connectivity index (χ1n) is 8.07. The van der Waals surface area contributed by atoms with Crippen LogP contribution >= 0.6 is 11.3 Å². The summed E-state index contributed by atoms with van der Waals surface area (Å²) in [6.07, 6.45) is 3.48. The van der Waals surface area contributed by atoms with Crippen molar-refractivity contribution in [1.29, 1.82) is 0 Å². The smallest absolute Gasteiger partial charge is 0.0897 e. The summed E-state index contributed by atoms with van der Waals surface area (Å²) in [6.45, 7) is 4.70. The van der Waals surface area contributed by atoms with Crippen LogP contribution in [0.2, 0.25) is 0 Å². The van der Waals surface area contributed by atoms with E-state index in [9.17, 15) is 0 Å². The molecule has 0 amide bonds. The minimum Gasteiger partial charge on any atom is -0.381 e. The molecule has 116 valence electrons. The molecule has 1 unspecified atom stereocenters. The first-order valence-corrected chi connectivity index (χ1v) is 8.95. The van der Waals surface area contributed by atoms with Crippen molar-refractivity contribution in [3.05, 3.63) is 51.5 Å². The molecular formula is C18H22N2OS. The summed E-state index contributed by atoms with van der Waals surface area (Å²) in [5.41, 5.74) is 4.48. The van der Waals surface area contributed by atoms with E-state index in [2.05, 4.69) is 46.9 Å². The van der Waals surface area contributed by atoms with Crippen LogP contribution in [0.1, 0.15) is 40.7 Å². The minimum absolute atomic E-state index is 0.326. The second-order valence-electron chi connectivity index (χ2n) is 6.52. The monoisotopic (exact) mass is 314 g/mol. The van der Waals surface area contributed by atoms with Gasteiger partial charge < -0.3 is 10.1 Å². The number of rotatable bonds is 3. The Labute approximate surface area is 135 Å². The summed E-state index contributed by atoms with van der Waals surface area (Å²) in [5, 5.41) is 7.13. The first-order chi connectivity index (χ1) is 10.8. The average molecular weight is 314 g/mol. The molecule has 3 nitrogen and oxygen atoms in total. The van der Waals surface area contributed by atoms with Crippen LogP contribution in [0.5, 0.6) is 0 Å². The fourth-order valence-corrected chi connectivity index (χ4v) is 4.67. The molecule has 1 N–H and O–H groups in total. The zero-order valence-electron chi connectivity index (χ0n) is 13.0. The molecule has 0 saturated carbocycles. The third-order valence-electron chi connectivity index (χ3n) is 5.16. The molecule has 4 heteroatoms. The molecule has 2 aromatic rings. The quantitative estimate of drug-likeness (QED) is 0.939. The molecule has 0 bridgehead atoms. The second-order valence-corrected chi connectivity index (χ2v) is 7.58. The highest BCUT2D eigenvalue weighted by Gasteiger charge is 2.46. The maximum absolute atomic E-state index is 5.63. The zero-order valence-corrected chi connectivity index (χ0v) is 13.8. The maximum atomic E-state index is 5.63. The molecule has 1 saturated heterocycles. The van der Waals surface area contributed by atoms with E-state index in [0.29, 0.717) is 11.5 Å². The van der Waals surface area contributed by atoms with E-state index in [4.69, 9.17) is 4.74 Å². The standard InChI is InChI=1S/C18H22N2OS/c1-13-20-15(12-22-13)11-19-17-16-5-3-2-4-14(16)10-18(17)6-8-21-9-7-18/h2-5,12,17,19H,6-11H2,1H3. The zero-order chi connectivity index (χ0) is 15.0. The normalized spacial score (nSPS) is 22.9. The molecule has 1 aromatic heterocycles. The van der Waals surface area contributed by atoms with E-state index in [1.165, 1.54) is 17.5 Å². The lowest BCUT2D eigenvalue weighted by molar-refractivity contribution is -0.000271. The summed E-state index contributed by atoms with van der Waals surface area (Å²) in [4.78, 5) is 4.59. The summed E-state index contributed by atoms with van der Waals surface area (Å²) >= 11 is 1.73. The van der Waals surface area contributed by atoms with Crippen molar-refractivity contribution in [2.24, 2.45) is 5.41 Å². The number of nitrogens with one attached hydrogen (secondary N) is 1. The van der Waals surface area contributed by atoms with E-state index in [0.717, 1.165) is 43.3 Å². The van der Waals surface area contributed by atoms with Gasteiger partial charge in [0, 0.05) is 31.2 Å². The van der Waals surface area contributed by atoms with Gasteiger partial charge in [-0.15, -0.1) is 11.3 Å². The largest absolute Gasteiger partial charge is 0.381 e. The van der Waals surface area contributed by atoms with E-state index in [1.54, 1.807) is 11.3 Å². The predicted molar refractivity (Wildman–Crippen MR) is 89.1 cm³/mol. The van der Waals surface area contributed by atoms with Gasteiger partial charge in [0.25, 0.3) is 0 Å². The summed E-state index contributed by atoms with van der Waals surface area (Å²) in [7, 11) is 0. The fraction of sp³-hybridized carbons (Fsp3) is 0.500. The predicted octanol–water partition coefficient (Wildman–Crippen LogP) is 3.64. The van der Waals surface area contributed by atoms with Crippen molar-refractivity contribution in [1.82, 2.24) is 10.3 Å². The first kappa shape index (κ1) is 14.4. The van der Waals surface area contributed by atoms with E-state index < -0.39 is 0 Å². The average Bonchev–Trinajstić information content (AvgIpc) is 3.07. The van der Waals surface area contributed by atoms with Crippen LogP contribution in [0.4, 0.5) is 0 Å². The number of aryl methyl sites for hydroxylation is 1.